The lowest BCUT2D eigenvalue weighted by atomic mass is 10.1. The van der Waals surface area contributed by atoms with Crippen molar-refractivity contribution in [3.8, 4) is 0 Å². The largest absolute Gasteiger partial charge is 0.444 e. The van der Waals surface area contributed by atoms with Gasteiger partial charge in [0, 0.05) is 30.8 Å². The van der Waals surface area contributed by atoms with Gasteiger partial charge < -0.3 is 15.4 Å². The zero-order valence-electron chi connectivity index (χ0n) is 15.4. The number of nitrogens with zero attached hydrogens (tertiary/aromatic N) is 2. The molecule has 1 heterocycles. The monoisotopic (exact) mass is 356 g/mol. The Morgan fingerprint density at radius 2 is 1.92 bits per heavy atom. The number of ether oxygens (including phenoxy) is 1. The number of carbonyl (C=O) groups is 2. The number of hydrogen-bond donors (Lipinski definition) is 2. The highest BCUT2D eigenvalue weighted by Gasteiger charge is 2.40. The second-order valence-electron chi connectivity index (χ2n) is 7.57. The van der Waals surface area contributed by atoms with Gasteiger partial charge >= 0.3 is 6.09 Å². The van der Waals surface area contributed by atoms with Crippen LogP contribution in [0.15, 0.2) is 36.7 Å². The lowest BCUT2D eigenvalue weighted by Crippen LogP contribution is -2.34. The summed E-state index contributed by atoms with van der Waals surface area (Å²) in [5.74, 6) is 0.0849. The van der Waals surface area contributed by atoms with Crippen molar-refractivity contribution in [2.24, 2.45) is 7.05 Å². The first kappa shape index (κ1) is 18.0. The van der Waals surface area contributed by atoms with Crippen LogP contribution in [-0.4, -0.2) is 33.4 Å². The molecule has 0 radical (unpaired) electrons. The number of amides is 2. The Hall–Kier alpha value is -2.83. The minimum atomic E-state index is -0.502. The molecule has 0 saturated heterocycles. The van der Waals surface area contributed by atoms with Crippen LogP contribution in [0.1, 0.15) is 49.0 Å². The Morgan fingerprint density at radius 1 is 1.23 bits per heavy atom. The summed E-state index contributed by atoms with van der Waals surface area (Å²) in [5, 5.41) is 9.71. The van der Waals surface area contributed by atoms with Gasteiger partial charge in [-0.1, -0.05) is 12.1 Å². The predicted molar refractivity (Wildman–Crippen MR) is 98.1 cm³/mol. The number of benzene rings is 1. The quantitative estimate of drug-likeness (QED) is 0.882. The Morgan fingerprint density at radius 3 is 2.50 bits per heavy atom. The van der Waals surface area contributed by atoms with Gasteiger partial charge in [0.2, 0.25) is 0 Å². The topological polar surface area (TPSA) is 85.2 Å². The van der Waals surface area contributed by atoms with Gasteiger partial charge in [0.1, 0.15) is 5.60 Å². The van der Waals surface area contributed by atoms with E-state index in [1.54, 1.807) is 36.3 Å². The lowest BCUT2D eigenvalue weighted by Gasteiger charge is -2.19. The Bertz CT molecular complexity index is 805. The molecule has 1 aliphatic carbocycles. The van der Waals surface area contributed by atoms with Crippen molar-refractivity contribution in [2.75, 3.05) is 5.32 Å². The van der Waals surface area contributed by atoms with E-state index >= 15 is 0 Å². The zero-order valence-corrected chi connectivity index (χ0v) is 15.4. The third kappa shape index (κ3) is 4.62. The van der Waals surface area contributed by atoms with E-state index in [-0.39, 0.29) is 17.9 Å². The molecule has 1 aromatic carbocycles. The van der Waals surface area contributed by atoms with E-state index in [4.69, 9.17) is 4.74 Å². The summed E-state index contributed by atoms with van der Waals surface area (Å²) in [6, 6.07) is 7.53. The first-order valence-electron chi connectivity index (χ1n) is 8.61. The molecule has 0 bridgehead atoms. The van der Waals surface area contributed by atoms with Crippen LogP contribution in [0.5, 0.6) is 0 Å². The van der Waals surface area contributed by atoms with E-state index in [0.29, 0.717) is 11.3 Å². The molecule has 0 spiro atoms. The minimum Gasteiger partial charge on any atom is -0.444 e. The summed E-state index contributed by atoms with van der Waals surface area (Å²) in [6.45, 7) is 5.52. The summed E-state index contributed by atoms with van der Waals surface area (Å²) in [7, 11) is 1.79. The van der Waals surface area contributed by atoms with Crippen molar-refractivity contribution in [1.82, 2.24) is 15.1 Å². The van der Waals surface area contributed by atoms with E-state index < -0.39 is 11.7 Å². The summed E-state index contributed by atoms with van der Waals surface area (Å²) >= 11 is 0. The number of aryl methyl sites for hydroxylation is 1. The van der Waals surface area contributed by atoms with Crippen molar-refractivity contribution < 1.29 is 14.3 Å². The van der Waals surface area contributed by atoms with E-state index in [0.717, 1.165) is 12.0 Å². The zero-order chi connectivity index (χ0) is 18.9. The van der Waals surface area contributed by atoms with Gasteiger partial charge in [-0.15, -0.1) is 0 Å². The normalized spacial score (nSPS) is 18.9. The second-order valence-corrected chi connectivity index (χ2v) is 7.57. The molecular formula is C19H24N4O3. The highest BCUT2D eigenvalue weighted by Crippen LogP contribution is 2.41. The van der Waals surface area contributed by atoms with E-state index in [2.05, 4.69) is 15.7 Å². The van der Waals surface area contributed by atoms with Gasteiger partial charge in [-0.2, -0.15) is 5.10 Å². The lowest BCUT2D eigenvalue weighted by molar-refractivity contribution is 0.0522. The fraction of sp³-hybridized carbons (Fsp3) is 0.421. The molecule has 2 N–H and O–H groups in total. The van der Waals surface area contributed by atoms with Crippen LogP contribution in [0.2, 0.25) is 0 Å². The first-order chi connectivity index (χ1) is 12.2. The van der Waals surface area contributed by atoms with Gasteiger partial charge in [-0.3, -0.25) is 9.48 Å². The van der Waals surface area contributed by atoms with Gasteiger partial charge in [-0.25, -0.2) is 4.79 Å². The predicted octanol–water partition coefficient (Wildman–Crippen LogP) is 3.05. The Kier molecular flexibility index (Phi) is 4.71. The third-order valence-corrected chi connectivity index (χ3v) is 4.06. The molecular weight excluding hydrogens is 332 g/mol. The van der Waals surface area contributed by atoms with E-state index in [1.165, 1.54) is 0 Å². The maximum atomic E-state index is 12.2. The van der Waals surface area contributed by atoms with Gasteiger partial charge in [-0.05, 0) is 44.9 Å². The summed E-state index contributed by atoms with van der Waals surface area (Å²) in [6.07, 6.45) is 3.82. The number of anilines is 1. The van der Waals surface area contributed by atoms with Gasteiger partial charge in [0.05, 0.1) is 11.9 Å². The highest BCUT2D eigenvalue weighted by molar-refractivity contribution is 6.04. The minimum absolute atomic E-state index is 0.0833. The van der Waals surface area contributed by atoms with E-state index in [9.17, 15) is 9.59 Å². The third-order valence-electron chi connectivity index (χ3n) is 4.06. The van der Waals surface area contributed by atoms with Crippen LogP contribution in [0.3, 0.4) is 0 Å². The highest BCUT2D eigenvalue weighted by atomic mass is 16.6. The van der Waals surface area contributed by atoms with E-state index in [1.807, 2.05) is 32.9 Å². The van der Waals surface area contributed by atoms with Crippen molar-refractivity contribution in [3.63, 3.8) is 0 Å². The molecule has 3 rings (SSSR count). The van der Waals surface area contributed by atoms with Gasteiger partial charge in [0.15, 0.2) is 0 Å². The van der Waals surface area contributed by atoms with Crippen molar-refractivity contribution in [3.05, 3.63) is 47.8 Å². The average molecular weight is 356 g/mol. The average Bonchev–Trinajstić information content (AvgIpc) is 3.18. The van der Waals surface area contributed by atoms with Crippen LogP contribution >= 0.6 is 0 Å². The van der Waals surface area contributed by atoms with Gasteiger partial charge in [0.25, 0.3) is 5.91 Å². The van der Waals surface area contributed by atoms with Crippen molar-refractivity contribution in [1.29, 1.82) is 0 Å². The second kappa shape index (κ2) is 6.82. The maximum absolute atomic E-state index is 12.2. The Labute approximate surface area is 152 Å². The van der Waals surface area contributed by atoms with Crippen LogP contribution < -0.4 is 10.6 Å². The fourth-order valence-electron chi connectivity index (χ4n) is 2.75. The molecule has 138 valence electrons. The summed E-state index contributed by atoms with van der Waals surface area (Å²) in [5.41, 5.74) is 1.84. The van der Waals surface area contributed by atoms with Crippen LogP contribution in [0.4, 0.5) is 10.5 Å². The number of carbonyl (C=O) groups excluding carboxylic acids is 2. The molecule has 2 amide bonds. The number of nitrogens with one attached hydrogen (secondary N) is 2. The van der Waals surface area contributed by atoms with Crippen LogP contribution in [-0.2, 0) is 11.8 Å². The molecule has 0 unspecified atom stereocenters. The van der Waals surface area contributed by atoms with Crippen LogP contribution in [0.25, 0.3) is 0 Å². The van der Waals surface area contributed by atoms with Crippen LogP contribution in [0, 0.1) is 0 Å². The Balaban J connectivity index is 1.54. The molecule has 1 aromatic heterocycles. The molecule has 1 fully saturated rings. The summed E-state index contributed by atoms with van der Waals surface area (Å²) in [4.78, 5) is 24.1. The first-order valence-corrected chi connectivity index (χ1v) is 8.61. The molecule has 26 heavy (non-hydrogen) atoms. The van der Waals surface area contributed by atoms with Crippen molar-refractivity contribution in [2.45, 2.75) is 44.8 Å². The summed E-state index contributed by atoms with van der Waals surface area (Å²) < 4.78 is 6.90. The molecule has 7 heteroatoms. The smallest absolute Gasteiger partial charge is 0.407 e. The van der Waals surface area contributed by atoms with Crippen molar-refractivity contribution >= 4 is 17.7 Å². The molecule has 2 aromatic rings. The maximum Gasteiger partial charge on any atom is 0.407 e. The number of rotatable bonds is 4. The standard InChI is InChI=1S/C19H24N4O3/c1-19(2,3)26-18(25)22-16-9-15(16)12-5-7-13(8-6-12)17(24)21-14-10-20-23(4)11-14/h5-8,10-11,15-16H,9H2,1-4H3,(H,21,24)(H,22,25)/t15-,16+/m0/s1. The number of hydrogen-bond acceptors (Lipinski definition) is 4. The molecule has 0 aliphatic heterocycles. The fourth-order valence-corrected chi connectivity index (χ4v) is 2.75. The number of alkyl carbamates (subject to hydrolysis) is 1. The molecule has 1 saturated carbocycles. The molecule has 2 atom stereocenters. The number of aromatic nitrogens is 2. The molecule has 7 nitrogen and oxygen atoms in total. The molecule has 1 aliphatic rings. The SMILES string of the molecule is Cn1cc(NC(=O)c2ccc([C@@H]3C[C@H]3NC(=O)OC(C)(C)C)cc2)cn1.